The van der Waals surface area contributed by atoms with Gasteiger partial charge in [-0.05, 0) is 80.1 Å². The molecule has 4 atom stereocenters. The summed E-state index contributed by atoms with van der Waals surface area (Å²) in [5, 5.41) is 9.92. The molecule has 1 heteroatoms. The largest absolute Gasteiger partial charge is 0.393 e. The van der Waals surface area contributed by atoms with Crippen molar-refractivity contribution in [1.82, 2.24) is 0 Å². The van der Waals surface area contributed by atoms with Gasteiger partial charge in [0, 0.05) is 0 Å². The molecular weight excluding hydrogens is 280 g/mol. The lowest BCUT2D eigenvalue weighted by Gasteiger charge is -2.43. The van der Waals surface area contributed by atoms with E-state index in [1.165, 1.54) is 43.3 Å². The van der Waals surface area contributed by atoms with E-state index in [9.17, 15) is 5.11 Å². The Morgan fingerprint density at radius 3 is 2.70 bits per heavy atom. The molecule has 0 spiro atoms. The Bertz CT molecular complexity index is 524. The summed E-state index contributed by atoms with van der Waals surface area (Å²) < 4.78 is 0. The highest BCUT2D eigenvalue weighted by atomic mass is 16.3. The first-order valence-electron chi connectivity index (χ1n) is 9.67. The van der Waals surface area contributed by atoms with E-state index in [1.54, 1.807) is 5.57 Å². The van der Waals surface area contributed by atoms with Crippen molar-refractivity contribution in [2.24, 2.45) is 23.2 Å². The van der Waals surface area contributed by atoms with Gasteiger partial charge in [-0.2, -0.15) is 0 Å². The summed E-state index contributed by atoms with van der Waals surface area (Å²) in [5.41, 5.74) is 4.70. The normalized spacial score (nSPS) is 41.8. The van der Waals surface area contributed by atoms with E-state index >= 15 is 0 Å². The van der Waals surface area contributed by atoms with Crippen LogP contribution in [-0.2, 0) is 0 Å². The van der Waals surface area contributed by atoms with E-state index in [1.807, 2.05) is 0 Å². The van der Waals surface area contributed by atoms with Crippen LogP contribution < -0.4 is 0 Å². The molecule has 3 rings (SSSR count). The summed E-state index contributed by atoms with van der Waals surface area (Å²) in [4.78, 5) is 0. The quantitative estimate of drug-likeness (QED) is 0.681. The van der Waals surface area contributed by atoms with Crippen molar-refractivity contribution >= 4 is 0 Å². The first kappa shape index (κ1) is 17.0. The van der Waals surface area contributed by atoms with Gasteiger partial charge in [-0.1, -0.05) is 50.6 Å². The molecule has 128 valence electrons. The third kappa shape index (κ3) is 3.22. The SMILES string of the molecule is C=C1CC[C@H](O)C/C1=C/C=C1\CCCC2(C)C1CCC2C(C)C. The number of fused-ring (bicyclic) bond motifs is 1. The highest BCUT2D eigenvalue weighted by Crippen LogP contribution is 2.59. The molecule has 3 fully saturated rings. The fraction of sp³-hybridized carbons (Fsp3) is 0.727. The van der Waals surface area contributed by atoms with Crippen LogP contribution in [0.3, 0.4) is 0 Å². The standard InChI is InChI=1S/C22H34O/c1-15(2)20-11-12-21-17(6-5-13-22(20,21)4)8-9-18-14-19(23)10-7-16(18)3/h8-9,15,19-21,23H,3,5-7,10-14H2,1-2,4H3/b17-8+,18-9-/t19-,20?,21?,22?/m0/s1. The summed E-state index contributed by atoms with van der Waals surface area (Å²) >= 11 is 0. The van der Waals surface area contributed by atoms with Crippen LogP contribution in [0.15, 0.2) is 35.5 Å². The predicted octanol–water partition coefficient (Wildman–Crippen LogP) is 5.81. The summed E-state index contributed by atoms with van der Waals surface area (Å²) in [7, 11) is 0. The third-order valence-corrected chi connectivity index (χ3v) is 7.03. The first-order valence-corrected chi connectivity index (χ1v) is 9.67. The average molecular weight is 315 g/mol. The minimum Gasteiger partial charge on any atom is -0.393 e. The maximum absolute atomic E-state index is 9.92. The van der Waals surface area contributed by atoms with Crippen LogP contribution >= 0.6 is 0 Å². The van der Waals surface area contributed by atoms with E-state index in [4.69, 9.17) is 0 Å². The predicted molar refractivity (Wildman–Crippen MR) is 98.2 cm³/mol. The fourth-order valence-corrected chi connectivity index (χ4v) is 5.77. The Hall–Kier alpha value is -0.820. The van der Waals surface area contributed by atoms with Gasteiger partial charge in [0.05, 0.1) is 6.10 Å². The number of rotatable bonds is 2. The highest BCUT2D eigenvalue weighted by Gasteiger charge is 2.49. The van der Waals surface area contributed by atoms with E-state index < -0.39 is 0 Å². The van der Waals surface area contributed by atoms with Crippen molar-refractivity contribution in [3.63, 3.8) is 0 Å². The molecule has 3 aliphatic rings. The second kappa shape index (κ2) is 6.59. The molecule has 0 heterocycles. The zero-order valence-corrected chi connectivity index (χ0v) is 15.3. The molecule has 0 aromatic carbocycles. The molecule has 1 N–H and O–H groups in total. The molecule has 3 unspecified atom stereocenters. The van der Waals surface area contributed by atoms with Gasteiger partial charge in [-0.15, -0.1) is 0 Å². The molecule has 0 aromatic rings. The summed E-state index contributed by atoms with van der Waals surface area (Å²) in [5.74, 6) is 2.47. The van der Waals surface area contributed by atoms with E-state index in [-0.39, 0.29) is 6.10 Å². The molecule has 3 saturated carbocycles. The summed E-state index contributed by atoms with van der Waals surface area (Å²) in [6, 6.07) is 0. The van der Waals surface area contributed by atoms with Crippen LogP contribution in [0.25, 0.3) is 0 Å². The minimum atomic E-state index is -0.168. The molecule has 0 saturated heterocycles. The van der Waals surface area contributed by atoms with Gasteiger partial charge in [0.2, 0.25) is 0 Å². The molecule has 0 aromatic heterocycles. The van der Waals surface area contributed by atoms with Gasteiger partial charge in [0.15, 0.2) is 0 Å². The second-order valence-electron chi connectivity index (χ2n) is 8.77. The number of allylic oxidation sites excluding steroid dienone is 4. The van der Waals surface area contributed by atoms with Crippen LogP contribution in [-0.4, -0.2) is 11.2 Å². The number of hydrogen-bond donors (Lipinski definition) is 1. The van der Waals surface area contributed by atoms with Gasteiger partial charge in [0.1, 0.15) is 0 Å². The van der Waals surface area contributed by atoms with Crippen LogP contribution in [0, 0.1) is 23.2 Å². The zero-order valence-electron chi connectivity index (χ0n) is 15.3. The van der Waals surface area contributed by atoms with Gasteiger partial charge in [0.25, 0.3) is 0 Å². The lowest BCUT2D eigenvalue weighted by atomic mass is 9.61. The lowest BCUT2D eigenvalue weighted by Crippen LogP contribution is -2.35. The molecule has 0 bridgehead atoms. The summed E-state index contributed by atoms with van der Waals surface area (Å²) in [6.45, 7) is 11.6. The van der Waals surface area contributed by atoms with E-state index in [2.05, 4.69) is 39.5 Å². The van der Waals surface area contributed by atoms with Crippen LogP contribution in [0.1, 0.15) is 72.1 Å². The average Bonchev–Trinajstić information content (AvgIpc) is 2.86. The van der Waals surface area contributed by atoms with Gasteiger partial charge < -0.3 is 5.11 Å². The van der Waals surface area contributed by atoms with E-state index in [0.29, 0.717) is 5.41 Å². The molecule has 0 radical (unpaired) electrons. The highest BCUT2D eigenvalue weighted by molar-refractivity contribution is 5.36. The molecule has 23 heavy (non-hydrogen) atoms. The van der Waals surface area contributed by atoms with Crippen molar-refractivity contribution in [2.45, 2.75) is 78.2 Å². The molecule has 0 amide bonds. The second-order valence-corrected chi connectivity index (χ2v) is 8.77. The molecule has 0 aliphatic heterocycles. The minimum absolute atomic E-state index is 0.168. The van der Waals surface area contributed by atoms with Crippen molar-refractivity contribution in [2.75, 3.05) is 0 Å². The van der Waals surface area contributed by atoms with Crippen LogP contribution in [0.5, 0.6) is 0 Å². The van der Waals surface area contributed by atoms with Crippen LogP contribution in [0.4, 0.5) is 0 Å². The molecule has 3 aliphatic carbocycles. The lowest BCUT2D eigenvalue weighted by molar-refractivity contribution is 0.104. The van der Waals surface area contributed by atoms with Gasteiger partial charge >= 0.3 is 0 Å². The number of aliphatic hydroxyl groups is 1. The van der Waals surface area contributed by atoms with Crippen molar-refractivity contribution in [1.29, 1.82) is 0 Å². The monoisotopic (exact) mass is 314 g/mol. The Morgan fingerprint density at radius 2 is 1.96 bits per heavy atom. The first-order chi connectivity index (χ1) is 10.9. The van der Waals surface area contributed by atoms with Crippen molar-refractivity contribution in [3.8, 4) is 0 Å². The number of aliphatic hydroxyl groups excluding tert-OH is 1. The maximum Gasteiger partial charge on any atom is 0.0583 e. The molecule has 1 nitrogen and oxygen atoms in total. The smallest absolute Gasteiger partial charge is 0.0583 e. The topological polar surface area (TPSA) is 20.2 Å². The Kier molecular flexibility index (Phi) is 4.88. The fourth-order valence-electron chi connectivity index (χ4n) is 5.77. The summed E-state index contributed by atoms with van der Waals surface area (Å²) in [6.07, 6.45) is 13.9. The Balaban J connectivity index is 1.81. The molecular formula is C22H34O. The third-order valence-electron chi connectivity index (χ3n) is 7.03. The van der Waals surface area contributed by atoms with Crippen molar-refractivity contribution in [3.05, 3.63) is 35.5 Å². The Morgan fingerprint density at radius 1 is 1.17 bits per heavy atom. The van der Waals surface area contributed by atoms with E-state index in [0.717, 1.165) is 37.0 Å². The van der Waals surface area contributed by atoms with Crippen molar-refractivity contribution < 1.29 is 5.11 Å². The maximum atomic E-state index is 9.92. The number of hydrogen-bond acceptors (Lipinski definition) is 1. The zero-order chi connectivity index (χ0) is 16.6. The van der Waals surface area contributed by atoms with Gasteiger partial charge in [-0.25, -0.2) is 0 Å². The van der Waals surface area contributed by atoms with Crippen LogP contribution in [0.2, 0.25) is 0 Å². The van der Waals surface area contributed by atoms with Gasteiger partial charge in [-0.3, -0.25) is 0 Å². The Labute approximate surface area is 142 Å².